The lowest BCUT2D eigenvalue weighted by Crippen LogP contribution is -2.22. The number of rotatable bonds is 1. The van der Waals surface area contributed by atoms with Crippen molar-refractivity contribution in [2.75, 3.05) is 0 Å². The van der Waals surface area contributed by atoms with Crippen LogP contribution in [0.3, 0.4) is 0 Å². The molecule has 0 bridgehead atoms. The van der Waals surface area contributed by atoms with Crippen LogP contribution in [0.2, 0.25) is 0 Å². The van der Waals surface area contributed by atoms with Gasteiger partial charge in [-0.15, -0.1) is 0 Å². The molecule has 0 aliphatic heterocycles. The second kappa shape index (κ2) is 3.97. The molecule has 0 heteroatoms. The van der Waals surface area contributed by atoms with Crippen LogP contribution in [-0.2, 0) is 0 Å². The lowest BCUT2D eigenvalue weighted by Gasteiger charge is -1.87. The van der Waals surface area contributed by atoms with Crippen molar-refractivity contribution in [3.8, 4) is 0 Å². The fourth-order valence-corrected chi connectivity index (χ4v) is 1.18. The van der Waals surface area contributed by atoms with Crippen molar-refractivity contribution in [1.29, 1.82) is 0 Å². The van der Waals surface area contributed by atoms with Gasteiger partial charge in [-0.2, -0.15) is 0 Å². The highest BCUT2D eigenvalue weighted by molar-refractivity contribution is 5.29. The second-order valence-corrected chi connectivity index (χ2v) is 2.53. The van der Waals surface area contributed by atoms with E-state index in [4.69, 9.17) is 0 Å². The molecule has 0 unspecified atom stereocenters. The SMILES string of the molecule is CC=c1ccccc1=CCC. The topological polar surface area (TPSA) is 0 Å². The van der Waals surface area contributed by atoms with Crippen molar-refractivity contribution in [2.24, 2.45) is 0 Å². The van der Waals surface area contributed by atoms with Gasteiger partial charge in [0.25, 0.3) is 0 Å². The molecule has 1 aromatic rings. The van der Waals surface area contributed by atoms with Crippen LogP contribution in [0.15, 0.2) is 24.3 Å². The van der Waals surface area contributed by atoms with Crippen LogP contribution in [0.1, 0.15) is 20.3 Å². The van der Waals surface area contributed by atoms with Crippen LogP contribution in [0, 0.1) is 0 Å². The monoisotopic (exact) mass is 146 g/mol. The van der Waals surface area contributed by atoms with Gasteiger partial charge in [-0.05, 0) is 23.8 Å². The maximum absolute atomic E-state index is 2.25. The minimum absolute atomic E-state index is 1.10. The Morgan fingerprint density at radius 3 is 2.36 bits per heavy atom. The summed E-state index contributed by atoms with van der Waals surface area (Å²) in [5.74, 6) is 0. The molecule has 0 nitrogen and oxygen atoms in total. The highest BCUT2D eigenvalue weighted by Gasteiger charge is 1.79. The van der Waals surface area contributed by atoms with Crippen molar-refractivity contribution < 1.29 is 0 Å². The average Bonchev–Trinajstić information content (AvgIpc) is 2.06. The lowest BCUT2D eigenvalue weighted by atomic mass is 10.2. The summed E-state index contributed by atoms with van der Waals surface area (Å²) in [6.07, 6.45) is 5.49. The van der Waals surface area contributed by atoms with Gasteiger partial charge >= 0.3 is 0 Å². The van der Waals surface area contributed by atoms with Gasteiger partial charge in [-0.3, -0.25) is 0 Å². The van der Waals surface area contributed by atoms with Gasteiger partial charge in [-0.25, -0.2) is 0 Å². The molecule has 1 rings (SSSR count). The summed E-state index contributed by atoms with van der Waals surface area (Å²) in [5.41, 5.74) is 0. The lowest BCUT2D eigenvalue weighted by molar-refractivity contribution is 1.28. The van der Waals surface area contributed by atoms with Gasteiger partial charge in [0.2, 0.25) is 0 Å². The van der Waals surface area contributed by atoms with Gasteiger partial charge in [0.1, 0.15) is 0 Å². The van der Waals surface area contributed by atoms with E-state index in [1.807, 2.05) is 0 Å². The molecule has 58 valence electrons. The maximum atomic E-state index is 2.25. The highest BCUT2D eigenvalue weighted by Crippen LogP contribution is 1.76. The predicted molar refractivity (Wildman–Crippen MR) is 50.6 cm³/mol. The highest BCUT2D eigenvalue weighted by atomic mass is 13.8. The van der Waals surface area contributed by atoms with E-state index >= 15 is 0 Å². The molecule has 0 heterocycles. The molecule has 0 spiro atoms. The fraction of sp³-hybridized carbons (Fsp3) is 0.273. The standard InChI is InChI=1S/C11H14/c1-3-7-11-9-6-5-8-10(11)4-2/h4-9H,3H2,1-2H3. The van der Waals surface area contributed by atoms with Crippen molar-refractivity contribution >= 4 is 12.2 Å². The average molecular weight is 146 g/mol. The minimum Gasteiger partial charge on any atom is -0.0798 e. The minimum atomic E-state index is 1.10. The van der Waals surface area contributed by atoms with Crippen LogP contribution in [0.5, 0.6) is 0 Å². The summed E-state index contributed by atoms with van der Waals surface area (Å²) in [6.45, 7) is 4.23. The summed E-state index contributed by atoms with van der Waals surface area (Å²) in [5, 5.41) is 2.67. The molecule has 0 fully saturated rings. The first-order chi connectivity index (χ1) is 5.38. The van der Waals surface area contributed by atoms with Gasteiger partial charge in [-0.1, -0.05) is 43.3 Å². The third-order valence-corrected chi connectivity index (χ3v) is 1.73. The van der Waals surface area contributed by atoms with Crippen molar-refractivity contribution in [2.45, 2.75) is 20.3 Å². The molecular weight excluding hydrogens is 132 g/mol. The quantitative estimate of drug-likeness (QED) is 0.565. The Morgan fingerprint density at radius 2 is 1.82 bits per heavy atom. The first-order valence-corrected chi connectivity index (χ1v) is 4.10. The molecule has 0 aliphatic carbocycles. The molecule has 1 aromatic carbocycles. The Balaban J connectivity index is 3.37. The van der Waals surface area contributed by atoms with E-state index < -0.39 is 0 Å². The molecule has 0 N–H and O–H groups in total. The summed E-state index contributed by atoms with van der Waals surface area (Å²) >= 11 is 0. The first kappa shape index (κ1) is 8.06. The van der Waals surface area contributed by atoms with Gasteiger partial charge in [0.15, 0.2) is 0 Å². The van der Waals surface area contributed by atoms with Crippen molar-refractivity contribution in [1.82, 2.24) is 0 Å². The third-order valence-electron chi connectivity index (χ3n) is 1.73. The van der Waals surface area contributed by atoms with Crippen LogP contribution in [0.25, 0.3) is 12.2 Å². The molecule has 0 atom stereocenters. The van der Waals surface area contributed by atoms with E-state index in [9.17, 15) is 0 Å². The largest absolute Gasteiger partial charge is 0.0798 e. The smallest absolute Gasteiger partial charge is 0.0227 e. The van der Waals surface area contributed by atoms with Crippen LogP contribution in [-0.4, -0.2) is 0 Å². The summed E-state index contributed by atoms with van der Waals surface area (Å²) < 4.78 is 0. The molecule has 0 saturated heterocycles. The maximum Gasteiger partial charge on any atom is -0.0227 e. The Hall–Kier alpha value is -1.04. The molecule has 0 saturated carbocycles. The molecule has 0 aliphatic rings. The molecular formula is C11H14. The molecule has 11 heavy (non-hydrogen) atoms. The van der Waals surface area contributed by atoms with Crippen LogP contribution in [0.4, 0.5) is 0 Å². The van der Waals surface area contributed by atoms with E-state index in [2.05, 4.69) is 50.3 Å². The van der Waals surface area contributed by atoms with Gasteiger partial charge in [0.05, 0.1) is 0 Å². The summed E-state index contributed by atoms with van der Waals surface area (Å²) in [6, 6.07) is 8.44. The van der Waals surface area contributed by atoms with Crippen LogP contribution >= 0.6 is 0 Å². The number of benzene rings is 1. The van der Waals surface area contributed by atoms with Gasteiger partial charge in [0, 0.05) is 0 Å². The first-order valence-electron chi connectivity index (χ1n) is 4.10. The zero-order valence-electron chi connectivity index (χ0n) is 7.17. The Morgan fingerprint density at radius 1 is 1.18 bits per heavy atom. The van der Waals surface area contributed by atoms with Gasteiger partial charge < -0.3 is 0 Å². The molecule has 0 radical (unpaired) electrons. The van der Waals surface area contributed by atoms with E-state index in [0.29, 0.717) is 0 Å². The van der Waals surface area contributed by atoms with E-state index in [1.54, 1.807) is 0 Å². The zero-order valence-corrected chi connectivity index (χ0v) is 7.17. The Labute approximate surface area is 67.9 Å². The molecule has 0 amide bonds. The number of hydrogen-bond donors (Lipinski definition) is 0. The second-order valence-electron chi connectivity index (χ2n) is 2.53. The van der Waals surface area contributed by atoms with Crippen molar-refractivity contribution in [3.05, 3.63) is 34.7 Å². The Kier molecular flexibility index (Phi) is 2.91. The third kappa shape index (κ3) is 1.94. The summed E-state index contributed by atoms with van der Waals surface area (Å²) in [4.78, 5) is 0. The summed E-state index contributed by atoms with van der Waals surface area (Å²) in [7, 11) is 0. The zero-order chi connectivity index (χ0) is 8.10. The van der Waals surface area contributed by atoms with Crippen molar-refractivity contribution in [3.63, 3.8) is 0 Å². The fourth-order valence-electron chi connectivity index (χ4n) is 1.18. The molecule has 0 aromatic heterocycles. The van der Waals surface area contributed by atoms with E-state index in [0.717, 1.165) is 6.42 Å². The predicted octanol–water partition coefficient (Wildman–Crippen LogP) is 1.68. The van der Waals surface area contributed by atoms with Crippen LogP contribution < -0.4 is 10.4 Å². The van der Waals surface area contributed by atoms with E-state index in [-0.39, 0.29) is 0 Å². The normalized spacial score (nSPS) is 14.0. The van der Waals surface area contributed by atoms with E-state index in [1.165, 1.54) is 10.4 Å². The Bertz CT molecular complexity index is 320. The number of hydrogen-bond acceptors (Lipinski definition) is 0.